The van der Waals surface area contributed by atoms with Crippen molar-refractivity contribution in [2.75, 3.05) is 47.5 Å². The second kappa shape index (κ2) is 21.3. The van der Waals surface area contributed by atoms with Crippen LogP contribution in [0.4, 0.5) is 13.2 Å². The molecule has 2 spiro atoms. The van der Waals surface area contributed by atoms with Crippen molar-refractivity contribution in [1.29, 1.82) is 0 Å². The molecule has 20 heteroatoms. The number of carbonyl (C=O) groups is 2. The van der Waals surface area contributed by atoms with Crippen LogP contribution in [0.25, 0.3) is 11.4 Å². The summed E-state index contributed by atoms with van der Waals surface area (Å²) in [7, 11) is 4.24. The molecule has 2 N–H and O–H groups in total. The van der Waals surface area contributed by atoms with Crippen molar-refractivity contribution in [3.8, 4) is 34.6 Å². The van der Waals surface area contributed by atoms with Crippen LogP contribution in [0.2, 0.25) is 10.0 Å². The molecular formula is C36H39Cl2F3K2N4O9. The van der Waals surface area contributed by atoms with Crippen LogP contribution >= 0.6 is 23.2 Å². The number of hydrogen-bond acceptors (Lipinski definition) is 10. The summed E-state index contributed by atoms with van der Waals surface area (Å²) in [5.74, 6) is 0.955. The number of halogens is 5. The molecule has 13 nitrogen and oxygen atoms in total. The zero-order valence-corrected chi connectivity index (χ0v) is 39.2. The third-order valence-corrected chi connectivity index (χ3v) is 10.00. The maximum Gasteiger partial charge on any atom is 1.00 e. The van der Waals surface area contributed by atoms with Crippen LogP contribution in [0, 0.1) is 0 Å². The summed E-state index contributed by atoms with van der Waals surface area (Å²) in [6, 6.07) is 18.7. The third-order valence-electron chi connectivity index (χ3n) is 9.53. The number of methoxy groups -OCH3 is 2. The molecule has 0 bridgehead atoms. The van der Waals surface area contributed by atoms with Gasteiger partial charge in [-0.3, -0.25) is 18.7 Å². The average Bonchev–Trinajstić information content (AvgIpc) is 3.82. The van der Waals surface area contributed by atoms with Gasteiger partial charge in [-0.15, -0.1) is 0 Å². The Morgan fingerprint density at radius 1 is 0.821 bits per heavy atom. The average molecular weight is 878 g/mol. The van der Waals surface area contributed by atoms with Crippen molar-refractivity contribution in [1.82, 2.24) is 19.4 Å². The van der Waals surface area contributed by atoms with E-state index in [0.717, 1.165) is 72.3 Å². The van der Waals surface area contributed by atoms with Crippen LogP contribution in [0.1, 0.15) is 38.5 Å². The number of fused-ring (bicyclic) bond motifs is 8. The van der Waals surface area contributed by atoms with Gasteiger partial charge in [0.2, 0.25) is 0 Å². The molecule has 0 unspecified atom stereocenters. The monoisotopic (exact) mass is 876 g/mol. The Labute approximate surface area is 417 Å². The van der Waals surface area contributed by atoms with Gasteiger partial charge in [0.1, 0.15) is 11.5 Å². The van der Waals surface area contributed by atoms with E-state index in [0.29, 0.717) is 21.7 Å². The number of likely N-dealkylation sites (tertiary alicyclic amines) is 1. The quantitative estimate of drug-likeness (QED) is 0.116. The first-order valence-corrected chi connectivity index (χ1v) is 17.4. The van der Waals surface area contributed by atoms with Crippen LogP contribution < -0.4 is 132 Å². The van der Waals surface area contributed by atoms with Gasteiger partial charge >= 0.3 is 115 Å². The fourth-order valence-electron chi connectivity index (χ4n) is 7.19. The fraction of sp³-hybridized carbons (Fsp3) is 0.389. The van der Waals surface area contributed by atoms with Crippen molar-refractivity contribution in [3.63, 3.8) is 0 Å². The molecule has 2 aromatic carbocycles. The summed E-state index contributed by atoms with van der Waals surface area (Å²) < 4.78 is 65.9. The van der Waals surface area contributed by atoms with Crippen LogP contribution in [0.15, 0.2) is 60.7 Å². The molecule has 2 fully saturated rings. The van der Waals surface area contributed by atoms with Crippen molar-refractivity contribution < 1.29 is 161 Å². The van der Waals surface area contributed by atoms with E-state index in [1.54, 1.807) is 38.5 Å². The molecule has 4 aliphatic heterocycles. The molecule has 56 heavy (non-hydrogen) atoms. The zero-order chi connectivity index (χ0) is 39.3. The molecule has 2 saturated heterocycles. The largest absolute Gasteiger partial charge is 1.00 e. The molecule has 4 aromatic rings. The number of hydrogen-bond donors (Lipinski definition) is 2. The van der Waals surface area contributed by atoms with Crippen molar-refractivity contribution in [2.45, 2.75) is 43.1 Å². The molecule has 4 aliphatic rings. The summed E-state index contributed by atoms with van der Waals surface area (Å²) >= 11 is 12.2. The van der Waals surface area contributed by atoms with Gasteiger partial charge < -0.3 is 45.8 Å². The van der Waals surface area contributed by atoms with E-state index in [-0.39, 0.29) is 142 Å². The van der Waals surface area contributed by atoms with Gasteiger partial charge in [0.05, 0.1) is 37.0 Å². The number of amides is 1. The van der Waals surface area contributed by atoms with Crippen molar-refractivity contribution in [2.24, 2.45) is 0 Å². The number of piperidine rings is 2. The van der Waals surface area contributed by atoms with Gasteiger partial charge in [-0.05, 0) is 49.5 Å². The summed E-state index contributed by atoms with van der Waals surface area (Å²) in [5.41, 5.74) is 2.54. The van der Waals surface area contributed by atoms with Crippen LogP contribution in [0.3, 0.4) is 0 Å². The van der Waals surface area contributed by atoms with E-state index in [4.69, 9.17) is 57.3 Å². The number of alkyl halides is 3. The zero-order valence-electron chi connectivity index (χ0n) is 32.5. The maximum atomic E-state index is 12.7. The minimum Gasteiger partial charge on any atom is -1.00 e. The van der Waals surface area contributed by atoms with Crippen molar-refractivity contribution in [3.05, 3.63) is 82.1 Å². The topological polar surface area (TPSA) is 149 Å². The number of ether oxygens (including phenoxy) is 4. The van der Waals surface area contributed by atoms with Crippen LogP contribution in [0.5, 0.6) is 23.3 Å². The van der Waals surface area contributed by atoms with Crippen LogP contribution in [-0.2, 0) is 25.7 Å². The van der Waals surface area contributed by atoms with Gasteiger partial charge in [-0.1, -0.05) is 23.2 Å². The normalized spacial score (nSPS) is 16.1. The van der Waals surface area contributed by atoms with E-state index < -0.39 is 17.7 Å². The number of benzene rings is 2. The Morgan fingerprint density at radius 3 is 1.61 bits per heavy atom. The van der Waals surface area contributed by atoms with Crippen molar-refractivity contribution >= 4 is 35.6 Å². The van der Waals surface area contributed by atoms with E-state index in [9.17, 15) is 18.0 Å². The molecule has 0 atom stereocenters. The van der Waals surface area contributed by atoms with Crippen LogP contribution in [-0.4, -0.2) is 85.2 Å². The predicted molar refractivity (Wildman–Crippen MR) is 190 cm³/mol. The minimum absolute atomic E-state index is 0. The molecule has 0 radical (unpaired) electrons. The Balaban J connectivity index is 0.000000337. The van der Waals surface area contributed by atoms with Gasteiger partial charge in [-0.2, -0.15) is 13.2 Å². The molecule has 0 saturated carbocycles. The second-order valence-electron chi connectivity index (χ2n) is 12.3. The molecule has 6 heterocycles. The standard InChI is InChI=1S/C18H16ClF3N2O3.C16H17ClN2O2.CH2O3.CH4O.2K.H/c1-26-15-5-4-14-17(6-8-23(9-7-17)16(25)18(20,21)22)27-13-10-11(19)2-3-12(13)24(14)15;1-20-15-5-4-14-16(6-8-18-9-7-16)21-13-10-11(17)2-3-12(13)19(14)15;2-1-4-3;1-2;;;/h2-5,10H,6-9H2,1H3;2-5,10,18H,6-9H2,1H3;1,3H;2H,1H3;;;/q;;;;2*+1;-1/p-1. The number of rotatable bonds is 3. The molecule has 8 rings (SSSR count). The number of nitrogens with zero attached hydrogens (tertiary/aromatic N) is 3. The number of aromatic nitrogens is 2. The first kappa shape index (κ1) is 49.0. The smallest absolute Gasteiger partial charge is 1.00 e. The second-order valence-corrected chi connectivity index (χ2v) is 13.2. The fourth-order valence-corrected chi connectivity index (χ4v) is 7.52. The predicted octanol–water partition coefficient (Wildman–Crippen LogP) is -0.814. The first-order valence-electron chi connectivity index (χ1n) is 16.6. The number of aliphatic hydroxyl groups excluding tert-OH is 1. The van der Waals surface area contributed by atoms with E-state index in [2.05, 4.69) is 20.8 Å². The Hall–Kier alpha value is -1.34. The summed E-state index contributed by atoms with van der Waals surface area (Å²) in [5, 5.41) is 20.0. The minimum atomic E-state index is -4.87. The van der Waals surface area contributed by atoms with Gasteiger partial charge in [0, 0.05) is 80.2 Å². The number of aliphatic hydroxyl groups is 1. The van der Waals surface area contributed by atoms with Gasteiger partial charge in [0.25, 0.3) is 6.47 Å². The summed E-state index contributed by atoms with van der Waals surface area (Å²) in [6.07, 6.45) is -2.54. The summed E-state index contributed by atoms with van der Waals surface area (Å²) in [6.45, 7) is 1.61. The molecular weight excluding hydrogens is 839 g/mol. The first-order chi connectivity index (χ1) is 25.9. The Morgan fingerprint density at radius 2 is 1.23 bits per heavy atom. The number of nitrogens with one attached hydrogen (secondary N) is 1. The Bertz CT molecular complexity index is 1960. The summed E-state index contributed by atoms with van der Waals surface area (Å²) in [4.78, 5) is 23.6. The number of carbonyl (C=O) groups excluding carboxylic acids is 2. The molecule has 1 amide bonds. The van der Waals surface area contributed by atoms with E-state index in [1.807, 2.05) is 34.9 Å². The van der Waals surface area contributed by atoms with E-state index >= 15 is 0 Å². The third kappa shape index (κ3) is 10.2. The SMILES string of the molecule is CO.COc1ccc2n1-c1ccc(Cl)cc1OC21CCN(C(=O)C(F)(F)F)CC1.COc1ccc2n1-c1ccc(Cl)cc1OC21CCNCC1.O=CO[O-].[H-].[K+].[K+]. The molecule has 294 valence electrons. The maximum absolute atomic E-state index is 12.7. The van der Waals surface area contributed by atoms with Gasteiger partial charge in [-0.25, -0.2) is 0 Å². The Kier molecular flexibility index (Phi) is 18.6. The molecule has 2 aromatic heterocycles. The van der Waals surface area contributed by atoms with E-state index in [1.165, 1.54) is 0 Å². The molecule has 0 aliphatic carbocycles. The van der Waals surface area contributed by atoms with Gasteiger partial charge in [0.15, 0.2) is 23.0 Å².